The van der Waals surface area contributed by atoms with Gasteiger partial charge in [0, 0.05) is 0 Å². The molecule has 0 aromatic rings. The molecule has 0 heterocycles. The van der Waals surface area contributed by atoms with Crippen LogP contribution in [0.25, 0.3) is 0 Å². The van der Waals surface area contributed by atoms with Crippen LogP contribution >= 0.6 is 0 Å². The Hall–Kier alpha value is 0.814. The van der Waals surface area contributed by atoms with Gasteiger partial charge < -0.3 is 6.04 Å². The second-order valence-electron chi connectivity index (χ2n) is 4.07. The fourth-order valence-electron chi connectivity index (χ4n) is 0.929. The van der Waals surface area contributed by atoms with Crippen LogP contribution in [0.1, 0.15) is 32.6 Å². The van der Waals surface area contributed by atoms with E-state index in [2.05, 4.69) is 32.6 Å². The van der Waals surface area contributed by atoms with E-state index in [1.54, 1.807) is 0 Å². The molecule has 0 nitrogen and oxygen atoms in total. The smallest absolute Gasteiger partial charge is 0.328 e. The average Bonchev–Trinajstić information content (AvgIpc) is 1.78. The Morgan fingerprint density at radius 1 is 1.09 bits per heavy atom. The summed E-state index contributed by atoms with van der Waals surface area (Å²) < 4.78 is 0. The molecule has 0 bridgehead atoms. The van der Waals surface area contributed by atoms with Gasteiger partial charge in [-0.25, -0.2) is 0 Å². The summed E-state index contributed by atoms with van der Waals surface area (Å²) in [4.78, 5) is 0. The van der Waals surface area contributed by atoms with Crippen LogP contribution in [0.15, 0.2) is 0 Å². The Balaban J connectivity index is 0. The molecule has 0 aliphatic carbocycles. The molecule has 62 valence electrons. The predicted molar refractivity (Wildman–Crippen MR) is 51.8 cm³/mol. The van der Waals surface area contributed by atoms with E-state index >= 15 is 0 Å². The van der Waals surface area contributed by atoms with Crippen molar-refractivity contribution in [1.82, 2.24) is 0 Å². The molecule has 0 aliphatic heterocycles. The monoisotopic (exact) mass is 164 g/mol. The van der Waals surface area contributed by atoms with Crippen molar-refractivity contribution in [2.45, 2.75) is 52.2 Å². The average molecular weight is 164 g/mol. The molecule has 0 radical (unpaired) electrons. The van der Waals surface area contributed by atoms with Gasteiger partial charge in [-0.2, -0.15) is 6.42 Å². The molecule has 0 atom stereocenters. The Morgan fingerprint density at radius 3 is 2.00 bits per heavy atom. The van der Waals surface area contributed by atoms with Gasteiger partial charge in [0.05, 0.1) is 0 Å². The van der Waals surface area contributed by atoms with Gasteiger partial charge in [0.15, 0.2) is 0 Å². The van der Waals surface area contributed by atoms with Gasteiger partial charge in [-0.05, 0) is 0 Å². The van der Waals surface area contributed by atoms with Crippen molar-refractivity contribution in [1.29, 1.82) is 0 Å². The van der Waals surface area contributed by atoms with E-state index in [1.165, 1.54) is 25.7 Å². The third kappa shape index (κ3) is 13.8. The van der Waals surface area contributed by atoms with Crippen molar-refractivity contribution in [3.8, 4) is 0 Å². The molecular weight excluding hydrogens is 143 g/mol. The van der Waals surface area contributed by atoms with Gasteiger partial charge >= 0.3 is 18.9 Å². The molecular formula is C9H21LiSi. The normalized spacial score (nSPS) is 10.9. The van der Waals surface area contributed by atoms with Gasteiger partial charge in [0.1, 0.15) is 0 Å². The van der Waals surface area contributed by atoms with Crippen LogP contribution in [0.4, 0.5) is 0 Å². The van der Waals surface area contributed by atoms with Crippen molar-refractivity contribution in [2.24, 2.45) is 0 Å². The Kier molecular flexibility index (Phi) is 9.73. The quantitative estimate of drug-likeness (QED) is 0.318. The maximum absolute atomic E-state index is 2.56. The van der Waals surface area contributed by atoms with E-state index in [0.29, 0.717) is 0 Å². The zero-order valence-electron chi connectivity index (χ0n) is 8.91. The molecule has 2 heteroatoms. The molecule has 0 saturated heterocycles. The summed E-state index contributed by atoms with van der Waals surface area (Å²) in [5, 5.41) is 0. The second kappa shape index (κ2) is 7.46. The zero-order valence-corrected chi connectivity index (χ0v) is 9.91. The molecule has 0 aliphatic rings. The standard InChI is InChI=1S/C9H21Si.Li/c1-5-6-7-8-9-10(2,3)4;/h9H,5-8H2,1-4H3;/q-1;+1. The molecule has 0 aromatic heterocycles. The summed E-state index contributed by atoms with van der Waals surface area (Å²) in [5.41, 5.74) is 0. The van der Waals surface area contributed by atoms with E-state index in [-0.39, 0.29) is 18.9 Å². The van der Waals surface area contributed by atoms with E-state index < -0.39 is 8.07 Å². The first-order chi connectivity index (χ1) is 4.56. The summed E-state index contributed by atoms with van der Waals surface area (Å²) in [5.74, 6) is 0. The van der Waals surface area contributed by atoms with Crippen LogP contribution in [-0.4, -0.2) is 8.07 Å². The predicted octanol–water partition coefficient (Wildman–Crippen LogP) is 0.652. The van der Waals surface area contributed by atoms with Crippen molar-refractivity contribution >= 4 is 8.07 Å². The van der Waals surface area contributed by atoms with Crippen molar-refractivity contribution in [3.63, 3.8) is 0 Å². The molecule has 0 fully saturated rings. The van der Waals surface area contributed by atoms with E-state index in [4.69, 9.17) is 0 Å². The molecule has 0 N–H and O–H groups in total. The summed E-state index contributed by atoms with van der Waals surface area (Å²) in [6, 6.07) is 2.56. The first-order valence-corrected chi connectivity index (χ1v) is 7.98. The van der Waals surface area contributed by atoms with Crippen LogP contribution in [0.5, 0.6) is 0 Å². The van der Waals surface area contributed by atoms with Crippen LogP contribution < -0.4 is 18.9 Å². The second-order valence-corrected chi connectivity index (χ2v) is 9.21. The third-order valence-corrected chi connectivity index (χ3v) is 3.08. The number of hydrogen-bond acceptors (Lipinski definition) is 0. The Bertz CT molecular complexity index is 76.1. The largest absolute Gasteiger partial charge is 1.00 e. The maximum Gasteiger partial charge on any atom is 1.00 e. The van der Waals surface area contributed by atoms with Crippen molar-refractivity contribution < 1.29 is 18.9 Å². The minimum atomic E-state index is -0.832. The van der Waals surface area contributed by atoms with Crippen LogP contribution in [0.3, 0.4) is 0 Å². The first kappa shape index (κ1) is 14.3. The van der Waals surface area contributed by atoms with Gasteiger partial charge in [0.25, 0.3) is 0 Å². The fourth-order valence-corrected chi connectivity index (χ4v) is 2.00. The van der Waals surface area contributed by atoms with Gasteiger partial charge in [-0.1, -0.05) is 45.8 Å². The summed E-state index contributed by atoms with van der Waals surface area (Å²) in [7, 11) is -0.832. The van der Waals surface area contributed by atoms with Gasteiger partial charge in [-0.3, -0.25) is 0 Å². The van der Waals surface area contributed by atoms with Gasteiger partial charge in [0.2, 0.25) is 0 Å². The molecule has 0 rings (SSSR count). The van der Waals surface area contributed by atoms with Crippen molar-refractivity contribution in [3.05, 3.63) is 6.04 Å². The maximum atomic E-state index is 2.56. The van der Waals surface area contributed by atoms with Crippen molar-refractivity contribution in [2.75, 3.05) is 0 Å². The van der Waals surface area contributed by atoms with Crippen LogP contribution in [0, 0.1) is 6.04 Å². The molecule has 0 amide bonds. The zero-order chi connectivity index (χ0) is 8.04. The van der Waals surface area contributed by atoms with E-state index in [9.17, 15) is 0 Å². The summed E-state index contributed by atoms with van der Waals surface area (Å²) in [6.07, 6.45) is 5.50. The Morgan fingerprint density at radius 2 is 1.64 bits per heavy atom. The van der Waals surface area contributed by atoms with Crippen LogP contribution in [0.2, 0.25) is 19.6 Å². The molecule has 0 saturated carbocycles. The Labute approximate surface area is 85.3 Å². The van der Waals surface area contributed by atoms with Crippen LogP contribution in [-0.2, 0) is 0 Å². The topological polar surface area (TPSA) is 0 Å². The molecule has 0 unspecified atom stereocenters. The number of unbranched alkanes of at least 4 members (excludes halogenated alkanes) is 3. The van der Waals surface area contributed by atoms with Gasteiger partial charge in [-0.15, -0.1) is 8.07 Å². The number of rotatable bonds is 5. The summed E-state index contributed by atoms with van der Waals surface area (Å²) >= 11 is 0. The third-order valence-electron chi connectivity index (χ3n) is 1.56. The fraction of sp³-hybridized carbons (Fsp3) is 0.889. The van der Waals surface area contributed by atoms with E-state index in [1.807, 2.05) is 0 Å². The SMILES string of the molecule is CCCCC[CH-][Si](C)(C)C.[Li+]. The minimum Gasteiger partial charge on any atom is -0.328 e. The first-order valence-electron chi connectivity index (χ1n) is 4.40. The molecule has 11 heavy (non-hydrogen) atoms. The summed E-state index contributed by atoms with van der Waals surface area (Å²) in [6.45, 7) is 9.46. The minimum absolute atomic E-state index is 0. The number of hydrogen-bond donors (Lipinski definition) is 0. The van der Waals surface area contributed by atoms with E-state index in [0.717, 1.165) is 0 Å². The molecule has 0 spiro atoms. The molecule has 0 aromatic carbocycles.